The highest BCUT2D eigenvalue weighted by atomic mass is 32.1. The molecule has 1 rings (SSSR count). The lowest BCUT2D eigenvalue weighted by molar-refractivity contribution is -0.132. The first-order valence-electron chi connectivity index (χ1n) is 7.61. The smallest absolute Gasteiger partial charge is 0.233 e. The number of thiocarbonyl (C=S) groups is 1. The Morgan fingerprint density at radius 2 is 1.95 bits per heavy atom. The van der Waals surface area contributed by atoms with E-state index < -0.39 is 5.41 Å². The van der Waals surface area contributed by atoms with Crippen LogP contribution in [-0.2, 0) is 9.53 Å². The number of hydrogen-bond acceptors (Lipinski definition) is 4. The summed E-state index contributed by atoms with van der Waals surface area (Å²) in [4.78, 5) is 15.2. The third-order valence-electron chi connectivity index (χ3n) is 3.93. The average Bonchev–Trinajstić information content (AvgIpc) is 2.37. The quantitative estimate of drug-likeness (QED) is 0.690. The molecule has 1 aliphatic rings. The summed E-state index contributed by atoms with van der Waals surface area (Å²) in [6, 6.07) is 0.113. The fourth-order valence-corrected chi connectivity index (χ4v) is 3.11. The second kappa shape index (κ2) is 8.06. The summed E-state index contributed by atoms with van der Waals surface area (Å²) < 4.78 is 5.36. The molecule has 0 bridgehead atoms. The number of likely N-dealkylation sites (N-methyl/N-ethyl adjacent to an activating group) is 1. The van der Waals surface area contributed by atoms with Crippen molar-refractivity contribution in [2.45, 2.75) is 39.2 Å². The monoisotopic (exact) mass is 315 g/mol. The number of nitrogens with two attached hydrogens (primary N) is 1. The molecule has 0 aromatic heterocycles. The van der Waals surface area contributed by atoms with E-state index in [2.05, 4.69) is 24.1 Å². The van der Waals surface area contributed by atoms with Crippen LogP contribution in [0.3, 0.4) is 0 Å². The van der Waals surface area contributed by atoms with Crippen LogP contribution in [0.1, 0.15) is 33.1 Å². The van der Waals surface area contributed by atoms with E-state index >= 15 is 0 Å². The molecule has 122 valence electrons. The summed E-state index contributed by atoms with van der Waals surface area (Å²) in [5.41, 5.74) is 5.14. The van der Waals surface area contributed by atoms with E-state index in [1.54, 1.807) is 0 Å². The zero-order chi connectivity index (χ0) is 16.0. The number of hydrogen-bond donors (Lipinski definition) is 2. The lowest BCUT2D eigenvalue weighted by atomic mass is 9.79. The largest absolute Gasteiger partial charge is 0.392 e. The predicted octanol–water partition coefficient (Wildman–Crippen LogP) is 1.16. The van der Waals surface area contributed by atoms with Crippen LogP contribution in [0.5, 0.6) is 0 Å². The van der Waals surface area contributed by atoms with Gasteiger partial charge in [0.2, 0.25) is 5.91 Å². The molecule has 3 N–H and O–H groups in total. The molecule has 0 aliphatic carbocycles. The van der Waals surface area contributed by atoms with E-state index in [0.29, 0.717) is 32.0 Å². The molecule has 1 aliphatic heterocycles. The molecule has 0 radical (unpaired) electrons. The van der Waals surface area contributed by atoms with E-state index in [1.165, 1.54) is 0 Å². The van der Waals surface area contributed by atoms with Crippen LogP contribution >= 0.6 is 12.2 Å². The molecule has 1 heterocycles. The highest BCUT2D eigenvalue weighted by Crippen LogP contribution is 2.31. The van der Waals surface area contributed by atoms with Crippen LogP contribution in [0.4, 0.5) is 0 Å². The van der Waals surface area contributed by atoms with Crippen LogP contribution in [0.15, 0.2) is 0 Å². The standard InChI is InChI=1S/C15H29N3O2S/c1-11(2)9-12(10-18(3)4)17-14(19)15(13(16)21)5-7-20-8-6-15/h11-12H,5-10H2,1-4H3,(H2,16,21)(H,17,19). The summed E-state index contributed by atoms with van der Waals surface area (Å²) in [5, 5.41) is 3.17. The molecule has 5 nitrogen and oxygen atoms in total. The van der Waals surface area contributed by atoms with Gasteiger partial charge in [-0.2, -0.15) is 0 Å². The van der Waals surface area contributed by atoms with Gasteiger partial charge in [-0.05, 0) is 39.3 Å². The minimum atomic E-state index is -0.741. The molecular formula is C15H29N3O2S. The number of ether oxygens (including phenoxy) is 1. The third kappa shape index (κ3) is 5.20. The van der Waals surface area contributed by atoms with E-state index in [-0.39, 0.29) is 16.9 Å². The van der Waals surface area contributed by atoms with E-state index in [4.69, 9.17) is 22.7 Å². The van der Waals surface area contributed by atoms with Gasteiger partial charge in [0.15, 0.2) is 0 Å². The Morgan fingerprint density at radius 3 is 2.38 bits per heavy atom. The lowest BCUT2D eigenvalue weighted by Crippen LogP contribution is -2.55. The van der Waals surface area contributed by atoms with E-state index in [0.717, 1.165) is 13.0 Å². The lowest BCUT2D eigenvalue weighted by Gasteiger charge is -2.36. The van der Waals surface area contributed by atoms with Crippen LogP contribution in [-0.4, -0.2) is 55.7 Å². The average molecular weight is 315 g/mol. The van der Waals surface area contributed by atoms with E-state index in [1.807, 2.05) is 14.1 Å². The molecular weight excluding hydrogens is 286 g/mol. The van der Waals surface area contributed by atoms with Crippen LogP contribution in [0.25, 0.3) is 0 Å². The maximum atomic E-state index is 12.8. The van der Waals surface area contributed by atoms with Crippen molar-refractivity contribution in [2.24, 2.45) is 17.1 Å². The minimum Gasteiger partial charge on any atom is -0.392 e. The second-order valence-electron chi connectivity index (χ2n) is 6.62. The van der Waals surface area contributed by atoms with Crippen molar-refractivity contribution < 1.29 is 9.53 Å². The molecule has 1 fully saturated rings. The molecule has 0 saturated carbocycles. The Balaban J connectivity index is 2.79. The van der Waals surface area contributed by atoms with Gasteiger partial charge in [0.25, 0.3) is 0 Å². The Bertz CT molecular complexity index is 356. The number of nitrogens with one attached hydrogen (secondary N) is 1. The molecule has 1 unspecified atom stereocenters. The molecule has 0 aromatic carbocycles. The summed E-state index contributed by atoms with van der Waals surface area (Å²) in [6.07, 6.45) is 2.09. The number of amides is 1. The maximum Gasteiger partial charge on any atom is 0.233 e. The van der Waals surface area contributed by atoms with Crippen molar-refractivity contribution >= 4 is 23.1 Å². The maximum absolute atomic E-state index is 12.8. The van der Waals surface area contributed by atoms with Gasteiger partial charge in [0.05, 0.1) is 4.99 Å². The fourth-order valence-electron chi connectivity index (χ4n) is 2.82. The van der Waals surface area contributed by atoms with Crippen molar-refractivity contribution in [1.82, 2.24) is 10.2 Å². The first-order valence-corrected chi connectivity index (χ1v) is 8.02. The van der Waals surface area contributed by atoms with Crippen LogP contribution < -0.4 is 11.1 Å². The van der Waals surface area contributed by atoms with Gasteiger partial charge in [0.1, 0.15) is 5.41 Å². The molecule has 21 heavy (non-hydrogen) atoms. The van der Waals surface area contributed by atoms with Crippen molar-refractivity contribution in [3.8, 4) is 0 Å². The van der Waals surface area contributed by atoms with Gasteiger partial charge < -0.3 is 20.7 Å². The zero-order valence-electron chi connectivity index (χ0n) is 13.6. The molecule has 0 aromatic rings. The molecule has 1 amide bonds. The van der Waals surface area contributed by atoms with Gasteiger partial charge in [-0.15, -0.1) is 0 Å². The normalized spacial score (nSPS) is 19.5. The third-order valence-corrected chi connectivity index (χ3v) is 4.32. The van der Waals surface area contributed by atoms with Crippen molar-refractivity contribution in [2.75, 3.05) is 33.9 Å². The molecule has 1 atom stereocenters. The highest BCUT2D eigenvalue weighted by molar-refractivity contribution is 7.80. The zero-order valence-corrected chi connectivity index (χ0v) is 14.5. The van der Waals surface area contributed by atoms with Crippen LogP contribution in [0.2, 0.25) is 0 Å². The van der Waals surface area contributed by atoms with E-state index in [9.17, 15) is 4.79 Å². The SMILES string of the molecule is CC(C)CC(CN(C)C)NC(=O)C1(C(N)=S)CCOCC1. The summed E-state index contributed by atoms with van der Waals surface area (Å²) >= 11 is 5.18. The Labute approximate surface area is 133 Å². The number of rotatable bonds is 7. The van der Waals surface area contributed by atoms with Gasteiger partial charge in [-0.25, -0.2) is 0 Å². The first-order chi connectivity index (χ1) is 9.78. The number of carbonyl (C=O) groups excluding carboxylic acids is 1. The topological polar surface area (TPSA) is 67.6 Å². The van der Waals surface area contributed by atoms with Gasteiger partial charge in [0, 0.05) is 25.8 Å². The summed E-state index contributed by atoms with van der Waals surface area (Å²) in [5.74, 6) is 0.483. The van der Waals surface area contributed by atoms with Crippen molar-refractivity contribution in [3.63, 3.8) is 0 Å². The fraction of sp³-hybridized carbons (Fsp3) is 0.867. The minimum absolute atomic E-state index is 0.0363. The van der Waals surface area contributed by atoms with Gasteiger partial charge in [-0.3, -0.25) is 4.79 Å². The number of nitrogens with zero attached hydrogens (tertiary/aromatic N) is 1. The molecule has 1 saturated heterocycles. The van der Waals surface area contributed by atoms with Gasteiger partial charge >= 0.3 is 0 Å². The van der Waals surface area contributed by atoms with Crippen molar-refractivity contribution in [1.29, 1.82) is 0 Å². The highest BCUT2D eigenvalue weighted by Gasteiger charge is 2.43. The Kier molecular flexibility index (Phi) is 7.03. The van der Waals surface area contributed by atoms with Gasteiger partial charge in [-0.1, -0.05) is 26.1 Å². The van der Waals surface area contributed by atoms with Crippen LogP contribution in [0, 0.1) is 11.3 Å². The molecule has 6 heteroatoms. The first kappa shape index (κ1) is 18.3. The predicted molar refractivity (Wildman–Crippen MR) is 89.2 cm³/mol. The summed E-state index contributed by atoms with van der Waals surface area (Å²) in [6.45, 7) is 6.20. The second-order valence-corrected chi connectivity index (χ2v) is 7.06. The summed E-state index contributed by atoms with van der Waals surface area (Å²) in [7, 11) is 4.02. The number of carbonyl (C=O) groups is 1. The Morgan fingerprint density at radius 1 is 1.38 bits per heavy atom. The van der Waals surface area contributed by atoms with Crippen molar-refractivity contribution in [3.05, 3.63) is 0 Å². The molecule has 0 spiro atoms. The Hall–Kier alpha value is -0.720.